The average molecular weight is 532 g/mol. The second-order valence-corrected chi connectivity index (χ2v) is 6.34. The zero-order valence-electron chi connectivity index (χ0n) is 16.0. The van der Waals surface area contributed by atoms with Crippen molar-refractivity contribution >= 4 is 0 Å². The van der Waals surface area contributed by atoms with E-state index in [0.717, 1.165) is 7.11 Å². The minimum atomic E-state index is -5.84. The van der Waals surface area contributed by atoms with E-state index in [4.69, 9.17) is 0 Å². The Kier molecular flexibility index (Phi) is 10.6. The van der Waals surface area contributed by atoms with Crippen molar-refractivity contribution in [2.24, 2.45) is 0 Å². The van der Waals surface area contributed by atoms with Crippen molar-refractivity contribution in [1.82, 2.24) is 0 Å². The predicted octanol–water partition coefficient (Wildman–Crippen LogP) is 6.06. The van der Waals surface area contributed by atoms with Gasteiger partial charge in [0.05, 0.1) is 13.2 Å². The van der Waals surface area contributed by atoms with Gasteiger partial charge >= 0.3 is 25.0 Å². The molecule has 4 nitrogen and oxygen atoms in total. The van der Waals surface area contributed by atoms with Crippen molar-refractivity contribution in [3.8, 4) is 0 Å². The molecule has 0 aromatic rings. The van der Waals surface area contributed by atoms with Crippen LogP contribution in [-0.4, -0.2) is 69.4 Å². The summed E-state index contributed by atoms with van der Waals surface area (Å²) < 4.78 is 194. The summed E-state index contributed by atoms with van der Waals surface area (Å²) >= 11 is 0. The fourth-order valence-electron chi connectivity index (χ4n) is 2.14. The first-order valence-corrected chi connectivity index (χ1v) is 8.21. The Morgan fingerprint density at radius 1 is 0.909 bits per heavy atom. The highest BCUT2D eigenvalue weighted by Crippen LogP contribution is 2.41. The molecule has 1 rings (SSSR count). The molecule has 0 saturated carbocycles. The molecule has 200 valence electrons. The summed E-state index contributed by atoms with van der Waals surface area (Å²) in [6.45, 7) is -1.82. The first-order chi connectivity index (χ1) is 14.4. The molecule has 0 aromatic carbocycles. The molecule has 0 amide bonds. The van der Waals surface area contributed by atoms with E-state index in [0.29, 0.717) is 0 Å². The van der Waals surface area contributed by atoms with E-state index in [1.807, 2.05) is 0 Å². The SMILES string of the molecule is COCC(OC(F)(F)OC(F)(F)F)C(F)(F)F.FC(F)(F)CC(F)(F)CC1OCCC1(F)F. The van der Waals surface area contributed by atoms with Gasteiger partial charge < -0.3 is 9.47 Å². The van der Waals surface area contributed by atoms with E-state index in [2.05, 4.69) is 18.9 Å². The van der Waals surface area contributed by atoms with Crippen LogP contribution in [0, 0.1) is 0 Å². The van der Waals surface area contributed by atoms with Crippen LogP contribution in [0.4, 0.5) is 65.9 Å². The molecule has 1 saturated heterocycles. The minimum Gasteiger partial charge on any atom is -0.382 e. The monoisotopic (exact) mass is 532 g/mol. The molecule has 1 aliphatic heterocycles. The standard InChI is InChI=1S/C8H9F7O.C6H6F8O3/c9-6(10,4-8(13,14)15)3-5-7(11,12)1-2-16-5;1-15-2-3(4(7,8)9)16-6(13,14)17-5(10,11)12/h5H,1-4H2;3H,2H2,1H3. The van der Waals surface area contributed by atoms with Crippen LogP contribution in [-0.2, 0) is 18.9 Å². The second-order valence-electron chi connectivity index (χ2n) is 6.34. The van der Waals surface area contributed by atoms with Crippen molar-refractivity contribution in [2.75, 3.05) is 20.3 Å². The normalized spacial score (nSPS) is 20.9. The molecule has 33 heavy (non-hydrogen) atoms. The highest BCUT2D eigenvalue weighted by molar-refractivity contribution is 4.88. The Morgan fingerprint density at radius 2 is 1.42 bits per heavy atom. The number of ether oxygens (including phenoxy) is 4. The van der Waals surface area contributed by atoms with Gasteiger partial charge in [-0.25, -0.2) is 22.3 Å². The van der Waals surface area contributed by atoms with Crippen LogP contribution in [0.15, 0.2) is 0 Å². The van der Waals surface area contributed by atoms with E-state index in [9.17, 15) is 65.9 Å². The summed E-state index contributed by atoms with van der Waals surface area (Å²) in [5.41, 5.74) is 0. The summed E-state index contributed by atoms with van der Waals surface area (Å²) in [7, 11) is 0.727. The molecule has 0 N–H and O–H groups in total. The lowest BCUT2D eigenvalue weighted by atomic mass is 10.0. The van der Waals surface area contributed by atoms with Crippen LogP contribution in [0.2, 0.25) is 0 Å². The van der Waals surface area contributed by atoms with E-state index in [1.54, 1.807) is 0 Å². The van der Waals surface area contributed by atoms with Gasteiger partial charge in [-0.2, -0.15) is 26.3 Å². The molecule has 2 unspecified atom stereocenters. The first-order valence-electron chi connectivity index (χ1n) is 8.21. The molecule has 0 bridgehead atoms. The molecule has 1 heterocycles. The summed E-state index contributed by atoms with van der Waals surface area (Å²) in [6, 6.07) is 0. The van der Waals surface area contributed by atoms with Gasteiger partial charge in [0, 0.05) is 20.0 Å². The zero-order valence-corrected chi connectivity index (χ0v) is 16.0. The van der Waals surface area contributed by atoms with E-state index in [1.165, 1.54) is 0 Å². The molecule has 0 radical (unpaired) electrons. The Hall–Kier alpha value is -1.21. The van der Waals surface area contributed by atoms with Gasteiger partial charge in [0.25, 0.3) is 11.8 Å². The molecule has 1 aliphatic rings. The lowest BCUT2D eigenvalue weighted by Crippen LogP contribution is -2.44. The number of rotatable bonds is 8. The van der Waals surface area contributed by atoms with Gasteiger partial charge in [0.15, 0.2) is 6.10 Å². The summed E-state index contributed by atoms with van der Waals surface area (Å²) in [6.07, 6.45) is -31.8. The maximum absolute atomic E-state index is 12.8. The molecular weight excluding hydrogens is 517 g/mol. The van der Waals surface area contributed by atoms with Gasteiger partial charge in [-0.05, 0) is 0 Å². The van der Waals surface area contributed by atoms with Crippen LogP contribution >= 0.6 is 0 Å². The fourth-order valence-corrected chi connectivity index (χ4v) is 2.14. The zero-order chi connectivity index (χ0) is 26.5. The maximum Gasteiger partial charge on any atom is 0.529 e. The molecule has 0 aromatic heterocycles. The van der Waals surface area contributed by atoms with Gasteiger partial charge in [0.2, 0.25) is 0 Å². The number of alkyl halides is 15. The van der Waals surface area contributed by atoms with E-state index < -0.39 is 81.5 Å². The number of hydrogen-bond acceptors (Lipinski definition) is 4. The van der Waals surface area contributed by atoms with Crippen LogP contribution < -0.4 is 0 Å². The Labute approximate surface area is 174 Å². The molecular formula is C14H15F15O4. The summed E-state index contributed by atoms with van der Waals surface area (Å²) in [5.74, 6) is -7.70. The van der Waals surface area contributed by atoms with Crippen molar-refractivity contribution < 1.29 is 84.8 Å². The van der Waals surface area contributed by atoms with Crippen LogP contribution in [0.5, 0.6) is 0 Å². The molecule has 1 fully saturated rings. The van der Waals surface area contributed by atoms with Crippen LogP contribution in [0.3, 0.4) is 0 Å². The van der Waals surface area contributed by atoms with Gasteiger partial charge in [-0.1, -0.05) is 0 Å². The van der Waals surface area contributed by atoms with Crippen LogP contribution in [0.25, 0.3) is 0 Å². The topological polar surface area (TPSA) is 36.9 Å². The molecule has 0 spiro atoms. The largest absolute Gasteiger partial charge is 0.529 e. The Bertz CT molecular complexity index is 585. The van der Waals surface area contributed by atoms with Crippen molar-refractivity contribution in [3.63, 3.8) is 0 Å². The summed E-state index contributed by atoms with van der Waals surface area (Å²) in [5, 5.41) is 0. The van der Waals surface area contributed by atoms with Gasteiger partial charge in [-0.15, -0.1) is 22.0 Å². The Balaban J connectivity index is 0.000000621. The maximum atomic E-state index is 12.8. The first kappa shape index (κ1) is 31.8. The van der Waals surface area contributed by atoms with Crippen molar-refractivity contribution in [3.05, 3.63) is 0 Å². The fraction of sp³-hybridized carbons (Fsp3) is 1.00. The third-order valence-corrected chi connectivity index (χ3v) is 3.37. The number of halogens is 15. The van der Waals surface area contributed by atoms with Gasteiger partial charge in [0.1, 0.15) is 12.5 Å². The number of methoxy groups -OCH3 is 1. The third-order valence-electron chi connectivity index (χ3n) is 3.37. The average Bonchev–Trinajstić information content (AvgIpc) is 2.79. The smallest absolute Gasteiger partial charge is 0.382 e. The molecule has 0 aliphatic carbocycles. The predicted molar refractivity (Wildman–Crippen MR) is 74.4 cm³/mol. The third kappa shape index (κ3) is 13.9. The van der Waals surface area contributed by atoms with Crippen LogP contribution in [0.1, 0.15) is 19.3 Å². The van der Waals surface area contributed by atoms with Crippen molar-refractivity contribution in [1.29, 1.82) is 0 Å². The highest BCUT2D eigenvalue weighted by atomic mass is 19.4. The van der Waals surface area contributed by atoms with Gasteiger partial charge in [-0.3, -0.25) is 4.74 Å². The lowest BCUT2D eigenvalue weighted by Gasteiger charge is -2.25. The molecule has 19 heteroatoms. The van der Waals surface area contributed by atoms with E-state index >= 15 is 0 Å². The summed E-state index contributed by atoms with van der Waals surface area (Å²) in [4.78, 5) is 0. The lowest BCUT2D eigenvalue weighted by molar-refractivity contribution is -0.513. The van der Waals surface area contributed by atoms with Crippen molar-refractivity contribution in [2.45, 2.75) is 68.3 Å². The van der Waals surface area contributed by atoms with E-state index in [-0.39, 0.29) is 0 Å². The Morgan fingerprint density at radius 3 is 1.76 bits per heavy atom. The quantitative estimate of drug-likeness (QED) is 0.282. The highest BCUT2D eigenvalue weighted by Gasteiger charge is 2.54. The minimum absolute atomic E-state index is 0.417. The molecule has 2 atom stereocenters. The number of hydrogen-bond donors (Lipinski definition) is 0. The second kappa shape index (κ2) is 11.0.